The number of Topliss-reactive ketones (excluding diaryl/α,β-unsaturated/α-hetero) is 1. The molecule has 0 atom stereocenters. The summed E-state index contributed by atoms with van der Waals surface area (Å²) in [5.41, 5.74) is 2.75. The van der Waals surface area contributed by atoms with Crippen molar-refractivity contribution in [1.29, 1.82) is 0 Å². The number of rotatable bonds is 2. The highest BCUT2D eigenvalue weighted by molar-refractivity contribution is 7.03. The fourth-order valence-corrected chi connectivity index (χ4v) is 1.77. The van der Waals surface area contributed by atoms with E-state index in [1.165, 1.54) is 11.5 Å². The highest BCUT2D eigenvalue weighted by atomic mass is 32.1. The Morgan fingerprint density at radius 3 is 2.43 bits per heavy atom. The average Bonchev–Trinajstić information content (AvgIpc) is 2.71. The van der Waals surface area contributed by atoms with Gasteiger partial charge in [-0.05, 0) is 24.5 Å². The Labute approximate surface area is 86.4 Å². The fourth-order valence-electron chi connectivity index (χ4n) is 1.24. The second kappa shape index (κ2) is 3.72. The average molecular weight is 203 g/mol. The molecule has 14 heavy (non-hydrogen) atoms. The summed E-state index contributed by atoms with van der Waals surface area (Å²) in [4.78, 5) is 11.0. The van der Waals surface area contributed by atoms with Gasteiger partial charge in [0.1, 0.15) is 0 Å². The number of aromatic nitrogens is 1. The quantitative estimate of drug-likeness (QED) is 0.702. The van der Waals surface area contributed by atoms with Crippen LogP contribution in [0.3, 0.4) is 0 Å². The molecular formula is C11H9NOS. The summed E-state index contributed by atoms with van der Waals surface area (Å²) >= 11 is 1.43. The van der Waals surface area contributed by atoms with Gasteiger partial charge in [-0.25, -0.2) is 0 Å². The number of carbonyl (C=O) groups excluding carboxylic acids is 1. The lowest BCUT2D eigenvalue weighted by Gasteiger charge is -1.97. The maximum Gasteiger partial charge on any atom is 0.159 e. The first kappa shape index (κ1) is 9.09. The van der Waals surface area contributed by atoms with E-state index in [9.17, 15) is 4.79 Å². The van der Waals surface area contributed by atoms with Crippen LogP contribution in [0.2, 0.25) is 0 Å². The molecule has 1 heterocycles. The second-order valence-corrected chi connectivity index (χ2v) is 3.68. The molecule has 0 radical (unpaired) electrons. The SMILES string of the molecule is CC(=O)c1ccc(-c2ccsn2)cc1. The molecule has 2 aromatic rings. The topological polar surface area (TPSA) is 30.0 Å². The van der Waals surface area contributed by atoms with Crippen LogP contribution < -0.4 is 0 Å². The normalized spacial score (nSPS) is 10.1. The first-order valence-electron chi connectivity index (χ1n) is 4.29. The number of hydrogen-bond donors (Lipinski definition) is 0. The Morgan fingerprint density at radius 2 is 1.93 bits per heavy atom. The van der Waals surface area contributed by atoms with Gasteiger partial charge in [-0.3, -0.25) is 4.79 Å². The molecule has 1 aromatic carbocycles. The van der Waals surface area contributed by atoms with E-state index in [0.29, 0.717) is 0 Å². The van der Waals surface area contributed by atoms with Crippen LogP contribution in [0.4, 0.5) is 0 Å². The molecule has 1 aromatic heterocycles. The second-order valence-electron chi connectivity index (χ2n) is 3.02. The van der Waals surface area contributed by atoms with Crippen molar-refractivity contribution in [2.75, 3.05) is 0 Å². The maximum absolute atomic E-state index is 11.0. The van der Waals surface area contributed by atoms with E-state index in [1.807, 2.05) is 35.7 Å². The van der Waals surface area contributed by atoms with E-state index in [-0.39, 0.29) is 5.78 Å². The zero-order valence-electron chi connectivity index (χ0n) is 7.73. The van der Waals surface area contributed by atoms with Crippen LogP contribution in [-0.4, -0.2) is 10.2 Å². The van der Waals surface area contributed by atoms with E-state index in [0.717, 1.165) is 16.8 Å². The number of carbonyl (C=O) groups is 1. The third kappa shape index (κ3) is 1.72. The van der Waals surface area contributed by atoms with Crippen molar-refractivity contribution in [3.8, 4) is 11.3 Å². The van der Waals surface area contributed by atoms with Crippen LogP contribution in [0.1, 0.15) is 17.3 Å². The van der Waals surface area contributed by atoms with Crippen molar-refractivity contribution in [2.24, 2.45) is 0 Å². The fraction of sp³-hybridized carbons (Fsp3) is 0.0909. The minimum atomic E-state index is 0.0924. The first-order valence-corrected chi connectivity index (χ1v) is 5.13. The molecule has 2 nitrogen and oxygen atoms in total. The van der Waals surface area contributed by atoms with Gasteiger partial charge in [-0.15, -0.1) is 0 Å². The van der Waals surface area contributed by atoms with Crippen molar-refractivity contribution in [2.45, 2.75) is 6.92 Å². The van der Waals surface area contributed by atoms with Crippen LogP contribution in [0.15, 0.2) is 35.7 Å². The molecule has 0 aliphatic heterocycles. The third-order valence-electron chi connectivity index (χ3n) is 2.03. The van der Waals surface area contributed by atoms with Gasteiger partial charge >= 0.3 is 0 Å². The van der Waals surface area contributed by atoms with Gasteiger partial charge in [0.05, 0.1) is 5.69 Å². The zero-order chi connectivity index (χ0) is 9.97. The minimum absolute atomic E-state index is 0.0924. The molecule has 0 bridgehead atoms. The summed E-state index contributed by atoms with van der Waals surface area (Å²) in [6.45, 7) is 1.57. The van der Waals surface area contributed by atoms with Gasteiger partial charge in [0, 0.05) is 16.5 Å². The van der Waals surface area contributed by atoms with Crippen LogP contribution in [0.5, 0.6) is 0 Å². The van der Waals surface area contributed by atoms with Gasteiger partial charge < -0.3 is 0 Å². The summed E-state index contributed by atoms with van der Waals surface area (Å²) in [5, 5.41) is 1.94. The summed E-state index contributed by atoms with van der Waals surface area (Å²) in [5.74, 6) is 0.0924. The van der Waals surface area contributed by atoms with Crippen molar-refractivity contribution in [3.05, 3.63) is 41.3 Å². The smallest absolute Gasteiger partial charge is 0.159 e. The van der Waals surface area contributed by atoms with E-state index < -0.39 is 0 Å². The van der Waals surface area contributed by atoms with Crippen LogP contribution in [0, 0.1) is 0 Å². The molecule has 0 unspecified atom stereocenters. The molecule has 0 aliphatic carbocycles. The molecule has 0 saturated carbocycles. The van der Waals surface area contributed by atoms with Gasteiger partial charge in [0.2, 0.25) is 0 Å². The van der Waals surface area contributed by atoms with Gasteiger partial charge in [0.25, 0.3) is 0 Å². The zero-order valence-corrected chi connectivity index (χ0v) is 8.54. The Morgan fingerprint density at radius 1 is 1.21 bits per heavy atom. The van der Waals surface area contributed by atoms with Crippen molar-refractivity contribution in [1.82, 2.24) is 4.37 Å². The Bertz CT molecular complexity index is 431. The molecule has 0 spiro atoms. The number of benzene rings is 1. The summed E-state index contributed by atoms with van der Waals surface area (Å²) in [6.07, 6.45) is 0. The van der Waals surface area contributed by atoms with E-state index in [4.69, 9.17) is 0 Å². The van der Waals surface area contributed by atoms with E-state index in [2.05, 4.69) is 4.37 Å². The predicted molar refractivity (Wildman–Crippen MR) is 57.6 cm³/mol. The summed E-state index contributed by atoms with van der Waals surface area (Å²) < 4.78 is 4.22. The lowest BCUT2D eigenvalue weighted by Crippen LogP contribution is -1.90. The molecule has 0 amide bonds. The highest BCUT2D eigenvalue weighted by Gasteiger charge is 2.01. The molecule has 0 N–H and O–H groups in total. The first-order chi connectivity index (χ1) is 6.77. The number of hydrogen-bond acceptors (Lipinski definition) is 3. The number of nitrogens with zero attached hydrogens (tertiary/aromatic N) is 1. The lowest BCUT2D eigenvalue weighted by atomic mass is 10.1. The van der Waals surface area contributed by atoms with E-state index in [1.54, 1.807) is 6.92 Å². The Balaban J connectivity index is 2.36. The van der Waals surface area contributed by atoms with E-state index >= 15 is 0 Å². The lowest BCUT2D eigenvalue weighted by molar-refractivity contribution is 0.101. The summed E-state index contributed by atoms with van der Waals surface area (Å²) in [6, 6.07) is 9.47. The maximum atomic E-state index is 11.0. The van der Waals surface area contributed by atoms with Crippen LogP contribution in [-0.2, 0) is 0 Å². The number of ketones is 1. The van der Waals surface area contributed by atoms with Crippen LogP contribution >= 0.6 is 11.5 Å². The van der Waals surface area contributed by atoms with Gasteiger partial charge in [-0.2, -0.15) is 4.37 Å². The highest BCUT2D eigenvalue weighted by Crippen LogP contribution is 2.18. The predicted octanol–water partition coefficient (Wildman–Crippen LogP) is 3.01. The molecule has 3 heteroatoms. The van der Waals surface area contributed by atoms with Crippen molar-refractivity contribution in [3.63, 3.8) is 0 Å². The monoisotopic (exact) mass is 203 g/mol. The van der Waals surface area contributed by atoms with Crippen molar-refractivity contribution >= 4 is 17.3 Å². The molecule has 0 saturated heterocycles. The van der Waals surface area contributed by atoms with Gasteiger partial charge in [-0.1, -0.05) is 24.3 Å². The minimum Gasteiger partial charge on any atom is -0.295 e. The molecule has 0 fully saturated rings. The Hall–Kier alpha value is -1.48. The molecule has 2 rings (SSSR count). The molecule has 0 aliphatic rings. The Kier molecular flexibility index (Phi) is 2.41. The summed E-state index contributed by atoms with van der Waals surface area (Å²) in [7, 11) is 0. The largest absolute Gasteiger partial charge is 0.295 e. The standard InChI is InChI=1S/C11H9NOS/c1-8(13)9-2-4-10(5-3-9)11-6-7-14-12-11/h2-7H,1H3. The molecular weight excluding hydrogens is 194 g/mol. The van der Waals surface area contributed by atoms with Gasteiger partial charge in [0.15, 0.2) is 5.78 Å². The van der Waals surface area contributed by atoms with Crippen molar-refractivity contribution < 1.29 is 4.79 Å². The molecule has 70 valence electrons. The van der Waals surface area contributed by atoms with Crippen LogP contribution in [0.25, 0.3) is 11.3 Å². The third-order valence-corrected chi connectivity index (χ3v) is 2.58.